The average Bonchev–Trinajstić information content (AvgIpc) is 3.16. The first-order valence-electron chi connectivity index (χ1n) is 6.41. The fourth-order valence-corrected chi connectivity index (χ4v) is 2.46. The van der Waals surface area contributed by atoms with Crippen LogP contribution in [0, 0.1) is 11.8 Å². The summed E-state index contributed by atoms with van der Waals surface area (Å²) in [6.07, 6.45) is 5.08. The molecule has 0 spiro atoms. The van der Waals surface area contributed by atoms with Gasteiger partial charge in [-0.1, -0.05) is 12.1 Å². The van der Waals surface area contributed by atoms with Crippen LogP contribution in [0.1, 0.15) is 36.0 Å². The second kappa shape index (κ2) is 4.06. The third-order valence-corrected chi connectivity index (χ3v) is 3.76. The van der Waals surface area contributed by atoms with Crippen LogP contribution in [0.5, 0.6) is 0 Å². The number of amides is 1. The van der Waals surface area contributed by atoms with Gasteiger partial charge in [0.25, 0.3) is 5.91 Å². The Morgan fingerprint density at radius 1 is 1.18 bits per heavy atom. The predicted octanol–water partition coefficient (Wildman–Crippen LogP) is 2.19. The van der Waals surface area contributed by atoms with Crippen LogP contribution >= 0.6 is 0 Å². The Bertz CT molecular complexity index is 424. The molecule has 0 aromatic heterocycles. The van der Waals surface area contributed by atoms with E-state index in [0.29, 0.717) is 17.3 Å². The van der Waals surface area contributed by atoms with Crippen LogP contribution < -0.4 is 11.1 Å². The highest BCUT2D eigenvalue weighted by Gasteiger charge is 2.42. The fraction of sp³-hybridized carbons (Fsp3) is 0.500. The number of hydrogen-bond acceptors (Lipinski definition) is 2. The molecular formula is C14H18N2O. The Labute approximate surface area is 101 Å². The summed E-state index contributed by atoms with van der Waals surface area (Å²) in [5, 5.41) is 3.18. The molecule has 1 amide bonds. The summed E-state index contributed by atoms with van der Waals surface area (Å²) in [4.78, 5) is 12.1. The van der Waals surface area contributed by atoms with Gasteiger partial charge < -0.3 is 11.1 Å². The van der Waals surface area contributed by atoms with E-state index >= 15 is 0 Å². The number of carbonyl (C=O) groups is 1. The van der Waals surface area contributed by atoms with Crippen molar-refractivity contribution in [2.45, 2.75) is 31.7 Å². The Morgan fingerprint density at radius 3 is 2.29 bits per heavy atom. The number of benzene rings is 1. The number of nitrogen functional groups attached to an aromatic ring is 1. The number of nitrogens with two attached hydrogens (primary N) is 1. The number of carbonyl (C=O) groups excluding carboxylic acids is 1. The van der Waals surface area contributed by atoms with Gasteiger partial charge >= 0.3 is 0 Å². The molecule has 2 fully saturated rings. The first-order chi connectivity index (χ1) is 8.25. The van der Waals surface area contributed by atoms with Gasteiger partial charge in [0.15, 0.2) is 0 Å². The van der Waals surface area contributed by atoms with Crippen molar-refractivity contribution >= 4 is 11.6 Å². The van der Waals surface area contributed by atoms with Gasteiger partial charge in [0, 0.05) is 11.7 Å². The highest BCUT2D eigenvalue weighted by atomic mass is 16.1. The lowest BCUT2D eigenvalue weighted by Crippen LogP contribution is -2.38. The van der Waals surface area contributed by atoms with E-state index < -0.39 is 0 Å². The molecule has 2 aliphatic rings. The van der Waals surface area contributed by atoms with Gasteiger partial charge in [0.05, 0.1) is 5.56 Å². The number of hydrogen-bond donors (Lipinski definition) is 2. The van der Waals surface area contributed by atoms with Crippen molar-refractivity contribution in [1.29, 1.82) is 0 Å². The van der Waals surface area contributed by atoms with E-state index in [9.17, 15) is 4.79 Å². The molecule has 90 valence electrons. The van der Waals surface area contributed by atoms with E-state index in [4.69, 9.17) is 5.73 Å². The first kappa shape index (κ1) is 10.6. The summed E-state index contributed by atoms with van der Waals surface area (Å²) in [5.41, 5.74) is 6.99. The minimum atomic E-state index is -0.00750. The SMILES string of the molecule is Nc1ccccc1C(=O)NC(C1CC1)C1CC1. The molecule has 0 saturated heterocycles. The maximum Gasteiger partial charge on any atom is 0.253 e. The lowest BCUT2D eigenvalue weighted by molar-refractivity contribution is 0.0927. The predicted molar refractivity (Wildman–Crippen MR) is 67.6 cm³/mol. The van der Waals surface area contributed by atoms with E-state index in [1.54, 1.807) is 12.1 Å². The summed E-state index contributed by atoms with van der Waals surface area (Å²) >= 11 is 0. The van der Waals surface area contributed by atoms with Crippen LogP contribution in [0.4, 0.5) is 5.69 Å². The van der Waals surface area contributed by atoms with Crippen molar-refractivity contribution in [1.82, 2.24) is 5.32 Å². The molecule has 17 heavy (non-hydrogen) atoms. The largest absolute Gasteiger partial charge is 0.398 e. The highest BCUT2D eigenvalue weighted by Crippen LogP contribution is 2.44. The normalized spacial score (nSPS) is 19.4. The minimum Gasteiger partial charge on any atom is -0.398 e. The smallest absolute Gasteiger partial charge is 0.253 e. The summed E-state index contributed by atoms with van der Waals surface area (Å²) in [6, 6.07) is 7.67. The zero-order valence-corrected chi connectivity index (χ0v) is 9.86. The summed E-state index contributed by atoms with van der Waals surface area (Å²) in [5.74, 6) is 1.43. The molecule has 3 nitrogen and oxygen atoms in total. The standard InChI is InChI=1S/C14H18N2O/c15-12-4-2-1-3-11(12)14(17)16-13(9-5-6-9)10-7-8-10/h1-4,9-10,13H,5-8,15H2,(H,16,17). The number of para-hydroxylation sites is 1. The third-order valence-electron chi connectivity index (χ3n) is 3.76. The van der Waals surface area contributed by atoms with Crippen molar-refractivity contribution in [2.24, 2.45) is 11.8 Å². The van der Waals surface area contributed by atoms with Crippen LogP contribution in [-0.4, -0.2) is 11.9 Å². The summed E-state index contributed by atoms with van der Waals surface area (Å²) in [7, 11) is 0. The van der Waals surface area contributed by atoms with Crippen molar-refractivity contribution < 1.29 is 4.79 Å². The summed E-state index contributed by atoms with van der Waals surface area (Å²) < 4.78 is 0. The van der Waals surface area contributed by atoms with E-state index in [0.717, 1.165) is 11.8 Å². The van der Waals surface area contributed by atoms with Crippen LogP contribution in [-0.2, 0) is 0 Å². The molecule has 2 saturated carbocycles. The second-order valence-corrected chi connectivity index (χ2v) is 5.26. The molecule has 0 unspecified atom stereocenters. The molecule has 0 bridgehead atoms. The molecule has 3 heteroatoms. The molecule has 3 rings (SSSR count). The molecule has 1 aromatic rings. The summed E-state index contributed by atoms with van der Waals surface area (Å²) in [6.45, 7) is 0. The van der Waals surface area contributed by atoms with Crippen LogP contribution in [0.2, 0.25) is 0 Å². The van der Waals surface area contributed by atoms with Gasteiger partial charge in [0.1, 0.15) is 0 Å². The fourth-order valence-electron chi connectivity index (χ4n) is 2.46. The Morgan fingerprint density at radius 2 is 1.76 bits per heavy atom. The van der Waals surface area contributed by atoms with Gasteiger partial charge in [-0.3, -0.25) is 4.79 Å². The van der Waals surface area contributed by atoms with Crippen LogP contribution in [0.15, 0.2) is 24.3 Å². The van der Waals surface area contributed by atoms with E-state index in [-0.39, 0.29) is 5.91 Å². The molecule has 0 radical (unpaired) electrons. The lowest BCUT2D eigenvalue weighted by atomic mass is 10.1. The van der Waals surface area contributed by atoms with Crippen molar-refractivity contribution in [3.63, 3.8) is 0 Å². The van der Waals surface area contributed by atoms with Gasteiger partial charge in [-0.2, -0.15) is 0 Å². The maximum atomic E-state index is 12.1. The lowest BCUT2D eigenvalue weighted by Gasteiger charge is -2.18. The maximum absolute atomic E-state index is 12.1. The average molecular weight is 230 g/mol. The Balaban J connectivity index is 1.71. The monoisotopic (exact) mass is 230 g/mol. The van der Waals surface area contributed by atoms with E-state index in [1.807, 2.05) is 12.1 Å². The van der Waals surface area contributed by atoms with Crippen molar-refractivity contribution in [2.75, 3.05) is 5.73 Å². The molecule has 0 aliphatic heterocycles. The number of anilines is 1. The molecule has 0 atom stereocenters. The number of rotatable bonds is 4. The van der Waals surface area contributed by atoms with Crippen molar-refractivity contribution in [3.05, 3.63) is 29.8 Å². The Hall–Kier alpha value is -1.51. The van der Waals surface area contributed by atoms with Crippen LogP contribution in [0.25, 0.3) is 0 Å². The zero-order valence-electron chi connectivity index (χ0n) is 9.86. The van der Waals surface area contributed by atoms with Gasteiger partial charge in [-0.05, 0) is 49.7 Å². The van der Waals surface area contributed by atoms with Gasteiger partial charge in [-0.15, -0.1) is 0 Å². The first-order valence-corrected chi connectivity index (χ1v) is 6.41. The second-order valence-electron chi connectivity index (χ2n) is 5.26. The number of nitrogens with one attached hydrogen (secondary N) is 1. The highest BCUT2D eigenvalue weighted by molar-refractivity contribution is 5.99. The van der Waals surface area contributed by atoms with E-state index in [1.165, 1.54) is 25.7 Å². The van der Waals surface area contributed by atoms with Crippen molar-refractivity contribution in [3.8, 4) is 0 Å². The zero-order chi connectivity index (χ0) is 11.8. The topological polar surface area (TPSA) is 55.1 Å². The third kappa shape index (κ3) is 2.28. The molecular weight excluding hydrogens is 212 g/mol. The molecule has 1 aromatic carbocycles. The van der Waals surface area contributed by atoms with Crippen LogP contribution in [0.3, 0.4) is 0 Å². The van der Waals surface area contributed by atoms with Gasteiger partial charge in [-0.25, -0.2) is 0 Å². The van der Waals surface area contributed by atoms with E-state index in [2.05, 4.69) is 5.32 Å². The quantitative estimate of drug-likeness (QED) is 0.779. The Kier molecular flexibility index (Phi) is 2.54. The van der Waals surface area contributed by atoms with Gasteiger partial charge in [0.2, 0.25) is 0 Å². The molecule has 2 aliphatic carbocycles. The minimum absolute atomic E-state index is 0.00750. The molecule has 0 heterocycles. The molecule has 3 N–H and O–H groups in total.